The van der Waals surface area contributed by atoms with Crippen LogP contribution < -0.4 is 5.32 Å². The summed E-state index contributed by atoms with van der Waals surface area (Å²) >= 11 is 0. The van der Waals surface area contributed by atoms with Crippen LogP contribution in [-0.2, 0) is 4.79 Å². The minimum absolute atomic E-state index is 0.204. The highest BCUT2D eigenvalue weighted by atomic mass is 16.2. The van der Waals surface area contributed by atoms with Gasteiger partial charge in [0.15, 0.2) is 0 Å². The van der Waals surface area contributed by atoms with E-state index in [9.17, 15) is 4.79 Å². The molecule has 0 spiro atoms. The number of carbonyl (C=O) groups is 1. The van der Waals surface area contributed by atoms with E-state index >= 15 is 0 Å². The lowest BCUT2D eigenvalue weighted by molar-refractivity contribution is -0.142. The number of amides is 1. The minimum Gasteiger partial charge on any atom is -0.342 e. The second kappa shape index (κ2) is 5.60. The van der Waals surface area contributed by atoms with Crippen LogP contribution in [0.3, 0.4) is 0 Å². The number of nitrogens with one attached hydrogen (secondary N) is 1. The Bertz CT molecular complexity index is 293. The molecule has 2 aliphatic rings. The van der Waals surface area contributed by atoms with Crippen molar-refractivity contribution in [2.75, 3.05) is 20.1 Å². The predicted octanol–water partition coefficient (Wildman–Crippen LogP) is 2.41. The fraction of sp³-hybridized carbons (Fsp3) is 0.933. The molecule has 0 bridgehead atoms. The molecule has 18 heavy (non-hydrogen) atoms. The first kappa shape index (κ1) is 13.9. The molecule has 0 radical (unpaired) electrons. The summed E-state index contributed by atoms with van der Waals surface area (Å²) in [7, 11) is 2.02. The summed E-state index contributed by atoms with van der Waals surface area (Å²) in [5.74, 6) is 0.687. The van der Waals surface area contributed by atoms with Crippen molar-refractivity contribution in [3.05, 3.63) is 0 Å². The maximum absolute atomic E-state index is 12.7. The third kappa shape index (κ3) is 2.87. The second-order valence-electron chi connectivity index (χ2n) is 6.68. The number of rotatable bonds is 2. The molecule has 0 aromatic heterocycles. The van der Waals surface area contributed by atoms with E-state index in [-0.39, 0.29) is 11.3 Å². The van der Waals surface area contributed by atoms with Gasteiger partial charge >= 0.3 is 0 Å². The molecule has 1 atom stereocenters. The van der Waals surface area contributed by atoms with Gasteiger partial charge in [0.05, 0.1) is 0 Å². The summed E-state index contributed by atoms with van der Waals surface area (Å²) in [5.41, 5.74) is 0.204. The Morgan fingerprint density at radius 2 is 1.83 bits per heavy atom. The lowest BCUT2D eigenvalue weighted by atomic mass is 9.68. The van der Waals surface area contributed by atoms with Crippen LogP contribution in [0.25, 0.3) is 0 Å². The molecule has 1 heterocycles. The number of likely N-dealkylation sites (tertiary alicyclic amines) is 1. The Balaban J connectivity index is 1.95. The molecule has 1 aliphatic carbocycles. The van der Waals surface area contributed by atoms with Crippen molar-refractivity contribution in [3.63, 3.8) is 0 Å². The number of carbonyl (C=O) groups excluding carboxylic acids is 1. The molecule has 1 aliphatic heterocycles. The van der Waals surface area contributed by atoms with E-state index in [2.05, 4.69) is 24.1 Å². The van der Waals surface area contributed by atoms with Gasteiger partial charge in [-0.05, 0) is 38.1 Å². The molecule has 1 saturated carbocycles. The third-order valence-corrected chi connectivity index (χ3v) is 5.02. The van der Waals surface area contributed by atoms with Crippen LogP contribution in [0, 0.1) is 11.3 Å². The molecule has 3 nitrogen and oxygen atoms in total. The van der Waals surface area contributed by atoms with Gasteiger partial charge in [-0.1, -0.05) is 26.7 Å². The highest BCUT2D eigenvalue weighted by Gasteiger charge is 2.39. The van der Waals surface area contributed by atoms with Gasteiger partial charge in [0.1, 0.15) is 0 Å². The summed E-state index contributed by atoms with van der Waals surface area (Å²) in [5, 5.41) is 3.32. The Morgan fingerprint density at radius 1 is 1.17 bits per heavy atom. The molecule has 1 amide bonds. The van der Waals surface area contributed by atoms with Crippen LogP contribution in [0.2, 0.25) is 0 Å². The number of nitrogens with zero attached hydrogens (tertiary/aromatic N) is 1. The molecule has 0 aromatic carbocycles. The van der Waals surface area contributed by atoms with Crippen LogP contribution in [-0.4, -0.2) is 37.0 Å². The van der Waals surface area contributed by atoms with Gasteiger partial charge in [0, 0.05) is 25.0 Å². The summed E-state index contributed by atoms with van der Waals surface area (Å²) in [6.45, 7) is 6.43. The smallest absolute Gasteiger partial charge is 0.226 e. The van der Waals surface area contributed by atoms with Gasteiger partial charge < -0.3 is 10.2 Å². The molecule has 104 valence electrons. The Kier molecular flexibility index (Phi) is 4.31. The average Bonchev–Trinajstić information content (AvgIpc) is 2.37. The first-order chi connectivity index (χ1) is 8.54. The molecule has 1 saturated heterocycles. The van der Waals surface area contributed by atoms with E-state index in [4.69, 9.17) is 0 Å². The first-order valence-corrected chi connectivity index (χ1v) is 7.50. The zero-order chi connectivity index (χ0) is 13.2. The van der Waals surface area contributed by atoms with Crippen molar-refractivity contribution in [3.8, 4) is 0 Å². The van der Waals surface area contributed by atoms with Crippen molar-refractivity contribution in [2.24, 2.45) is 11.3 Å². The Labute approximate surface area is 111 Å². The topological polar surface area (TPSA) is 32.3 Å². The van der Waals surface area contributed by atoms with Gasteiger partial charge in [-0.2, -0.15) is 0 Å². The molecule has 2 fully saturated rings. The Hall–Kier alpha value is -0.570. The lowest BCUT2D eigenvalue weighted by Gasteiger charge is -2.42. The number of piperidine rings is 1. The van der Waals surface area contributed by atoms with E-state index in [1.54, 1.807) is 0 Å². The number of hydrogen-bond donors (Lipinski definition) is 1. The highest BCUT2D eigenvalue weighted by Crippen LogP contribution is 2.41. The quantitative estimate of drug-likeness (QED) is 0.818. The lowest BCUT2D eigenvalue weighted by Crippen LogP contribution is -2.49. The standard InChI is InChI=1S/C15H28N2O/c1-15(2)9-5-4-6-13(15)14(18)17-10-7-12(16-3)8-11-17/h12-13,16H,4-11H2,1-3H3. The highest BCUT2D eigenvalue weighted by molar-refractivity contribution is 5.79. The van der Waals surface area contributed by atoms with Gasteiger partial charge in [-0.15, -0.1) is 0 Å². The maximum atomic E-state index is 12.7. The van der Waals surface area contributed by atoms with Crippen molar-refractivity contribution in [1.29, 1.82) is 0 Å². The molecular formula is C15H28N2O. The molecular weight excluding hydrogens is 224 g/mol. The van der Waals surface area contributed by atoms with Crippen LogP contribution in [0.1, 0.15) is 52.4 Å². The van der Waals surface area contributed by atoms with Gasteiger partial charge in [0.25, 0.3) is 0 Å². The van der Waals surface area contributed by atoms with E-state index in [1.165, 1.54) is 19.3 Å². The van der Waals surface area contributed by atoms with Crippen molar-refractivity contribution in [1.82, 2.24) is 10.2 Å². The monoisotopic (exact) mass is 252 g/mol. The zero-order valence-corrected chi connectivity index (χ0v) is 12.2. The van der Waals surface area contributed by atoms with Crippen molar-refractivity contribution in [2.45, 2.75) is 58.4 Å². The van der Waals surface area contributed by atoms with Crippen LogP contribution in [0.4, 0.5) is 0 Å². The normalized spacial score (nSPS) is 29.3. The Morgan fingerprint density at radius 3 is 2.39 bits per heavy atom. The van der Waals surface area contributed by atoms with Crippen molar-refractivity contribution < 1.29 is 4.79 Å². The van der Waals surface area contributed by atoms with Crippen LogP contribution >= 0.6 is 0 Å². The molecule has 2 rings (SSSR count). The minimum atomic E-state index is 0.204. The van der Waals surface area contributed by atoms with E-state index in [0.29, 0.717) is 11.9 Å². The van der Waals surface area contributed by atoms with Crippen LogP contribution in [0.5, 0.6) is 0 Å². The zero-order valence-electron chi connectivity index (χ0n) is 12.2. The number of hydrogen-bond acceptors (Lipinski definition) is 2. The summed E-state index contributed by atoms with van der Waals surface area (Å²) in [6, 6.07) is 0.605. The third-order valence-electron chi connectivity index (χ3n) is 5.02. The van der Waals surface area contributed by atoms with Gasteiger partial charge in [-0.25, -0.2) is 0 Å². The molecule has 0 aromatic rings. The summed E-state index contributed by atoms with van der Waals surface area (Å²) in [4.78, 5) is 14.8. The van der Waals surface area contributed by atoms with E-state index < -0.39 is 0 Å². The predicted molar refractivity (Wildman–Crippen MR) is 74.4 cm³/mol. The fourth-order valence-electron chi connectivity index (χ4n) is 3.56. The van der Waals surface area contributed by atoms with Crippen LogP contribution in [0.15, 0.2) is 0 Å². The average molecular weight is 252 g/mol. The van der Waals surface area contributed by atoms with Gasteiger partial charge in [0.2, 0.25) is 5.91 Å². The SMILES string of the molecule is CNC1CCN(C(=O)C2CCCCC2(C)C)CC1. The fourth-order valence-corrected chi connectivity index (χ4v) is 3.56. The largest absolute Gasteiger partial charge is 0.342 e. The second-order valence-corrected chi connectivity index (χ2v) is 6.68. The summed E-state index contributed by atoms with van der Waals surface area (Å²) in [6.07, 6.45) is 7.03. The van der Waals surface area contributed by atoms with Crippen molar-refractivity contribution >= 4 is 5.91 Å². The summed E-state index contributed by atoms with van der Waals surface area (Å²) < 4.78 is 0. The van der Waals surface area contributed by atoms with Gasteiger partial charge in [-0.3, -0.25) is 4.79 Å². The van der Waals surface area contributed by atoms with E-state index in [0.717, 1.165) is 32.4 Å². The molecule has 3 heteroatoms. The molecule has 1 N–H and O–H groups in total. The maximum Gasteiger partial charge on any atom is 0.226 e. The van der Waals surface area contributed by atoms with E-state index in [1.807, 2.05) is 7.05 Å². The molecule has 1 unspecified atom stereocenters. The first-order valence-electron chi connectivity index (χ1n) is 7.50.